The molecule has 5 rings (SSSR count). The van der Waals surface area contributed by atoms with E-state index >= 15 is 0 Å². The number of amides is 1. The summed E-state index contributed by atoms with van der Waals surface area (Å²) in [6.45, 7) is 17.2. The first-order valence-electron chi connectivity index (χ1n) is 17.8. The third-order valence-corrected chi connectivity index (χ3v) is 11.6. The molecule has 0 aromatic carbocycles. The van der Waals surface area contributed by atoms with Crippen LogP contribution in [0.5, 0.6) is 0 Å². The van der Waals surface area contributed by atoms with E-state index < -0.39 is 60.9 Å². The van der Waals surface area contributed by atoms with Crippen molar-refractivity contribution in [2.24, 2.45) is 0 Å². The van der Waals surface area contributed by atoms with Crippen LogP contribution in [-0.4, -0.2) is 99.3 Å². The first kappa shape index (κ1) is 40.5. The molecule has 16 nitrogen and oxygen atoms in total. The van der Waals surface area contributed by atoms with Gasteiger partial charge in [0.2, 0.25) is 5.28 Å². The van der Waals surface area contributed by atoms with Gasteiger partial charge in [0.25, 0.3) is 5.34 Å². The van der Waals surface area contributed by atoms with E-state index in [2.05, 4.69) is 21.6 Å². The summed E-state index contributed by atoms with van der Waals surface area (Å²) < 4.78 is 63.8. The summed E-state index contributed by atoms with van der Waals surface area (Å²) in [7, 11) is -4.31. The number of carbonyl (C=O) groups excluding carboxylic acids is 2. The molecular formula is C34H51ClN5O11P. The minimum atomic E-state index is -4.31. The number of rotatable bonds is 15. The molecule has 3 fully saturated rings. The first-order valence-corrected chi connectivity index (χ1v) is 19.7. The summed E-state index contributed by atoms with van der Waals surface area (Å²) in [5, 5.41) is 2.79. The highest BCUT2D eigenvalue weighted by atomic mass is 35.5. The van der Waals surface area contributed by atoms with Gasteiger partial charge in [-0.1, -0.05) is 18.9 Å². The summed E-state index contributed by atoms with van der Waals surface area (Å²) in [6.07, 6.45) is 2.28. The van der Waals surface area contributed by atoms with Crippen molar-refractivity contribution in [3.8, 4) is 0 Å². The molecule has 4 heterocycles. The zero-order chi connectivity index (χ0) is 38.1. The van der Waals surface area contributed by atoms with E-state index in [1.54, 1.807) is 66.5 Å². The van der Waals surface area contributed by atoms with Crippen LogP contribution in [-0.2, 0) is 46.8 Å². The zero-order valence-electron chi connectivity index (χ0n) is 31.2. The maximum atomic E-state index is 14.3. The SMILES string of the molecule is C=CCC(OC[C@H]1O[C@@H](n2ncc3c(N(C(=O)OC(C)(C)C)C4CCCC4)nc(Cl)nc32)[C@@H]2OC(C)(C)O[C@@H]21)(C(=O)OCC)P(=O)(OCC)OCC. The highest BCUT2D eigenvalue weighted by Crippen LogP contribution is 2.63. The van der Waals surface area contributed by atoms with Crippen molar-refractivity contribution in [2.75, 3.05) is 31.3 Å². The third kappa shape index (κ3) is 8.04. The highest BCUT2D eigenvalue weighted by molar-refractivity contribution is 7.56. The molecule has 52 heavy (non-hydrogen) atoms. The minimum Gasteiger partial charge on any atom is -0.463 e. The predicted octanol–water partition coefficient (Wildman–Crippen LogP) is 6.70. The van der Waals surface area contributed by atoms with E-state index in [1.807, 2.05) is 0 Å². The summed E-state index contributed by atoms with van der Waals surface area (Å²) in [6, 6.07) is -0.159. The number of halogens is 1. The fourth-order valence-corrected chi connectivity index (χ4v) is 9.08. The Labute approximate surface area is 309 Å². The van der Waals surface area contributed by atoms with E-state index in [4.69, 9.17) is 49.1 Å². The molecule has 5 atom stereocenters. The second-order valence-electron chi connectivity index (χ2n) is 14.2. The van der Waals surface area contributed by atoms with Crippen LogP contribution in [0.25, 0.3) is 11.0 Å². The number of hydrogen-bond donors (Lipinski definition) is 0. The van der Waals surface area contributed by atoms with Gasteiger partial charge in [0.15, 0.2) is 23.5 Å². The Morgan fingerprint density at radius 1 is 1.10 bits per heavy atom. The number of hydrogen-bond acceptors (Lipinski definition) is 14. The van der Waals surface area contributed by atoms with Gasteiger partial charge in [-0.15, -0.1) is 6.58 Å². The van der Waals surface area contributed by atoms with Crippen LogP contribution in [0.3, 0.4) is 0 Å². The van der Waals surface area contributed by atoms with E-state index in [0.717, 1.165) is 25.7 Å². The Morgan fingerprint density at radius 2 is 1.75 bits per heavy atom. The number of fused-ring (bicyclic) bond motifs is 2. The van der Waals surface area contributed by atoms with Gasteiger partial charge in [-0.05, 0) is 79.8 Å². The van der Waals surface area contributed by atoms with Gasteiger partial charge in [-0.2, -0.15) is 15.1 Å². The van der Waals surface area contributed by atoms with Crippen molar-refractivity contribution in [1.29, 1.82) is 0 Å². The van der Waals surface area contributed by atoms with Crippen molar-refractivity contribution in [2.45, 2.75) is 135 Å². The van der Waals surface area contributed by atoms with Crippen LogP contribution >= 0.6 is 19.2 Å². The molecule has 18 heteroatoms. The Morgan fingerprint density at radius 3 is 2.35 bits per heavy atom. The molecule has 290 valence electrons. The van der Waals surface area contributed by atoms with Gasteiger partial charge in [0.05, 0.1) is 38.0 Å². The van der Waals surface area contributed by atoms with Crippen molar-refractivity contribution in [3.63, 3.8) is 0 Å². The van der Waals surface area contributed by atoms with E-state index in [9.17, 15) is 14.2 Å². The average molecular weight is 772 g/mol. The number of ether oxygens (including phenoxy) is 6. The fraction of sp³-hybridized carbons (Fsp3) is 0.735. The maximum Gasteiger partial charge on any atom is 0.416 e. The monoisotopic (exact) mass is 771 g/mol. The normalized spacial score (nSPS) is 24.5. The highest BCUT2D eigenvalue weighted by Gasteiger charge is 2.62. The average Bonchev–Trinajstić information content (AvgIpc) is 3.83. The van der Waals surface area contributed by atoms with E-state index in [1.165, 1.54) is 10.8 Å². The minimum absolute atomic E-state index is 0.0118. The summed E-state index contributed by atoms with van der Waals surface area (Å²) >= 11 is 6.55. The molecule has 0 radical (unpaired) electrons. The Bertz CT molecular complexity index is 1650. The molecule has 2 aromatic rings. The summed E-state index contributed by atoms with van der Waals surface area (Å²) in [5.74, 6) is -1.70. The van der Waals surface area contributed by atoms with Crippen LogP contribution in [0.15, 0.2) is 18.9 Å². The van der Waals surface area contributed by atoms with Gasteiger partial charge in [-0.25, -0.2) is 14.3 Å². The second kappa shape index (κ2) is 16.0. The van der Waals surface area contributed by atoms with Gasteiger partial charge in [0, 0.05) is 12.5 Å². The zero-order valence-corrected chi connectivity index (χ0v) is 32.8. The van der Waals surface area contributed by atoms with Gasteiger partial charge >= 0.3 is 19.7 Å². The van der Waals surface area contributed by atoms with Crippen molar-refractivity contribution in [1.82, 2.24) is 19.7 Å². The van der Waals surface area contributed by atoms with E-state index in [-0.39, 0.29) is 55.6 Å². The molecule has 0 N–H and O–H groups in total. The second-order valence-corrected chi connectivity index (χ2v) is 16.8. The summed E-state index contributed by atoms with van der Waals surface area (Å²) in [5.41, 5.74) is -0.468. The lowest BCUT2D eigenvalue weighted by Crippen LogP contribution is -2.46. The fourth-order valence-electron chi connectivity index (χ4n) is 6.88. The van der Waals surface area contributed by atoms with Crippen molar-refractivity contribution >= 4 is 48.1 Å². The molecule has 1 amide bonds. The molecule has 2 saturated heterocycles. The third-order valence-electron chi connectivity index (χ3n) is 8.82. The predicted molar refractivity (Wildman–Crippen MR) is 190 cm³/mol. The lowest BCUT2D eigenvalue weighted by Gasteiger charge is -2.36. The number of aromatic nitrogens is 4. The lowest BCUT2D eigenvalue weighted by molar-refractivity contribution is -0.208. The molecule has 2 aliphatic heterocycles. The molecule has 1 aliphatic carbocycles. The van der Waals surface area contributed by atoms with Gasteiger partial charge < -0.3 is 37.5 Å². The standard InChI is InChI=1S/C34H51ClN5O11P/c1-10-18-34(29(41)44-11-2,52(43,46-12-3)47-13-4)45-20-23-24-25(50-33(8,9)49-24)28(48-23)40-27-22(19-36-40)26(37-30(35)38-27)39(21-16-14-15-17-21)31(42)51-32(5,6)7/h10,19,21,23-25,28H,1,11-18,20H2,2-9H3/t23-,24-,25-,28-,34?/m1/s1. The van der Waals surface area contributed by atoms with Crippen molar-refractivity contribution in [3.05, 3.63) is 24.1 Å². The number of esters is 1. The van der Waals surface area contributed by atoms with Crippen molar-refractivity contribution < 1.29 is 51.6 Å². The molecule has 2 aromatic heterocycles. The van der Waals surface area contributed by atoms with Crippen LogP contribution in [0.2, 0.25) is 5.28 Å². The molecule has 1 saturated carbocycles. The quantitative estimate of drug-likeness (QED) is 0.0810. The van der Waals surface area contributed by atoms with Gasteiger partial charge in [-0.3, -0.25) is 9.46 Å². The summed E-state index contributed by atoms with van der Waals surface area (Å²) in [4.78, 5) is 37.9. The van der Waals surface area contributed by atoms with Gasteiger partial charge in [0.1, 0.15) is 23.9 Å². The number of nitrogens with zero attached hydrogens (tertiary/aromatic N) is 5. The molecule has 0 spiro atoms. The molecule has 3 aliphatic rings. The lowest BCUT2D eigenvalue weighted by atomic mass is 10.1. The van der Waals surface area contributed by atoms with E-state index in [0.29, 0.717) is 5.39 Å². The van der Waals surface area contributed by atoms with Crippen LogP contribution in [0.1, 0.15) is 93.7 Å². The number of anilines is 1. The van der Waals surface area contributed by atoms with Crippen LogP contribution in [0.4, 0.5) is 10.6 Å². The Hall–Kier alpha value is -2.69. The molecular weight excluding hydrogens is 721 g/mol. The molecule has 1 unspecified atom stereocenters. The molecule has 0 bridgehead atoms. The Balaban J connectivity index is 1.53. The maximum absolute atomic E-state index is 14.3. The van der Waals surface area contributed by atoms with Crippen LogP contribution in [0, 0.1) is 0 Å². The number of carbonyl (C=O) groups is 2. The smallest absolute Gasteiger partial charge is 0.416 e. The Kier molecular flexibility index (Phi) is 12.4. The van der Waals surface area contributed by atoms with Crippen LogP contribution < -0.4 is 4.90 Å². The largest absolute Gasteiger partial charge is 0.463 e. The topological polar surface area (TPSA) is 172 Å². The first-order chi connectivity index (χ1) is 24.5.